The van der Waals surface area contributed by atoms with Crippen LogP contribution in [0.2, 0.25) is 0 Å². The number of aromatic nitrogens is 2. The Kier molecular flexibility index (Phi) is 5.41. The second kappa shape index (κ2) is 6.77. The van der Waals surface area contributed by atoms with Gasteiger partial charge in [-0.15, -0.1) is 0 Å². The number of phosphoric ester groups is 1. The lowest BCUT2D eigenvalue weighted by Gasteiger charge is -2.20. The van der Waals surface area contributed by atoms with Crippen molar-refractivity contribution in [2.24, 2.45) is 0 Å². The number of hydrogen-bond acceptors (Lipinski definition) is 8. The summed E-state index contributed by atoms with van der Waals surface area (Å²) in [6.45, 7) is -0.596. The Labute approximate surface area is 129 Å². The number of rotatable bonds is 5. The van der Waals surface area contributed by atoms with Crippen molar-refractivity contribution in [2.45, 2.75) is 29.7 Å². The normalized spacial score (nSPS) is 29.0. The highest BCUT2D eigenvalue weighted by molar-refractivity contribution is 7.98. The van der Waals surface area contributed by atoms with Gasteiger partial charge in [-0.25, -0.2) is 4.57 Å². The van der Waals surface area contributed by atoms with Crippen molar-refractivity contribution in [3.63, 3.8) is 0 Å². The summed E-state index contributed by atoms with van der Waals surface area (Å²) >= 11 is 1.14. The van der Waals surface area contributed by atoms with Crippen LogP contribution in [0, 0.1) is 0 Å². The van der Waals surface area contributed by atoms with E-state index in [9.17, 15) is 19.6 Å². The van der Waals surface area contributed by atoms with Gasteiger partial charge < -0.3 is 24.7 Å². The van der Waals surface area contributed by atoms with Crippen LogP contribution in [0.1, 0.15) is 6.23 Å². The van der Waals surface area contributed by atoms with Crippen molar-refractivity contribution in [2.75, 3.05) is 12.9 Å². The molecule has 1 aromatic rings. The molecule has 2 rings (SSSR count). The first kappa shape index (κ1) is 17.6. The van der Waals surface area contributed by atoms with Crippen LogP contribution in [-0.2, 0) is 13.8 Å². The smallest absolute Gasteiger partial charge is 0.387 e. The van der Waals surface area contributed by atoms with Crippen LogP contribution >= 0.6 is 19.6 Å². The highest BCUT2D eigenvalue weighted by Crippen LogP contribution is 2.38. The van der Waals surface area contributed by atoms with E-state index in [-0.39, 0.29) is 5.16 Å². The summed E-state index contributed by atoms with van der Waals surface area (Å²) in [4.78, 5) is 32.3. The topological polar surface area (TPSA) is 151 Å². The molecule has 4 atom stereocenters. The molecule has 22 heavy (non-hydrogen) atoms. The molecule has 0 radical (unpaired) electrons. The number of aliphatic hydroxyl groups excluding tert-OH is 2. The van der Waals surface area contributed by atoms with Gasteiger partial charge in [-0.1, -0.05) is 11.8 Å². The van der Waals surface area contributed by atoms with Gasteiger partial charge in [-0.3, -0.25) is 13.9 Å². The average Bonchev–Trinajstić information content (AvgIpc) is 2.72. The number of aliphatic hydroxyl groups is 2. The zero-order valence-electron chi connectivity index (χ0n) is 11.3. The minimum absolute atomic E-state index is 0.264. The summed E-state index contributed by atoms with van der Waals surface area (Å²) in [7, 11) is -4.72. The summed E-state index contributed by atoms with van der Waals surface area (Å²) < 4.78 is 21.7. The number of nitrogens with zero attached hydrogens (tertiary/aromatic N) is 2. The third kappa shape index (κ3) is 3.94. The predicted octanol–water partition coefficient (Wildman–Crippen LogP) is -1.31. The molecule has 4 N–H and O–H groups in total. The number of phosphoric acid groups is 1. The fourth-order valence-corrected chi connectivity index (χ4v) is 2.91. The maximum Gasteiger partial charge on any atom is 0.469 e. The lowest BCUT2D eigenvalue weighted by Crippen LogP contribution is -2.34. The summed E-state index contributed by atoms with van der Waals surface area (Å²) in [5.74, 6) is 0. The Morgan fingerprint density at radius 3 is 2.73 bits per heavy atom. The van der Waals surface area contributed by atoms with Crippen LogP contribution in [0.3, 0.4) is 0 Å². The maximum absolute atomic E-state index is 11.2. The molecule has 0 bridgehead atoms. The van der Waals surface area contributed by atoms with E-state index in [4.69, 9.17) is 14.5 Å². The third-order valence-corrected chi connectivity index (χ3v) is 4.16. The van der Waals surface area contributed by atoms with Gasteiger partial charge in [-0.05, 0) is 6.26 Å². The average molecular weight is 354 g/mol. The van der Waals surface area contributed by atoms with Crippen molar-refractivity contribution in [1.29, 1.82) is 0 Å². The molecule has 0 unspecified atom stereocenters. The third-order valence-electron chi connectivity index (χ3n) is 3.01. The minimum Gasteiger partial charge on any atom is -0.387 e. The molecule has 1 aliphatic heterocycles. The van der Waals surface area contributed by atoms with Gasteiger partial charge >= 0.3 is 7.82 Å². The van der Waals surface area contributed by atoms with Crippen molar-refractivity contribution in [1.82, 2.24) is 9.55 Å². The van der Waals surface area contributed by atoms with E-state index >= 15 is 0 Å². The van der Waals surface area contributed by atoms with Crippen LogP contribution in [0.4, 0.5) is 0 Å². The van der Waals surface area contributed by atoms with Crippen LogP contribution in [0.15, 0.2) is 22.2 Å². The van der Waals surface area contributed by atoms with Gasteiger partial charge in [0, 0.05) is 12.3 Å². The Hall–Kier alpha value is -0.780. The van der Waals surface area contributed by atoms with E-state index in [2.05, 4.69) is 9.51 Å². The SMILES string of the molecule is CSc1nc(=O)ccn1[C@@H]1O[C@H](COP(=O)(O)O)[C@@H](O)[C@H]1O. The number of thioether (sulfide) groups is 1. The fourth-order valence-electron chi connectivity index (χ4n) is 2.01. The molecule has 0 saturated carbocycles. The number of ether oxygens (including phenoxy) is 1. The predicted molar refractivity (Wildman–Crippen MR) is 74.2 cm³/mol. The summed E-state index contributed by atoms with van der Waals surface area (Å²) in [5.41, 5.74) is -0.463. The van der Waals surface area contributed by atoms with Gasteiger partial charge in [0.1, 0.15) is 18.3 Å². The Balaban J connectivity index is 2.19. The van der Waals surface area contributed by atoms with E-state index in [0.717, 1.165) is 11.8 Å². The Bertz CT molecular complexity index is 634. The fraction of sp³-hybridized carbons (Fsp3) is 0.600. The second-order valence-electron chi connectivity index (χ2n) is 4.49. The van der Waals surface area contributed by atoms with Crippen LogP contribution < -0.4 is 5.56 Å². The first-order chi connectivity index (χ1) is 10.2. The molecule has 2 heterocycles. The minimum atomic E-state index is -4.72. The van der Waals surface area contributed by atoms with E-state index < -0.39 is 44.5 Å². The van der Waals surface area contributed by atoms with Gasteiger partial charge in [0.2, 0.25) is 0 Å². The number of hydrogen-bond donors (Lipinski definition) is 4. The molecular formula is C10H15N2O8PS. The molecule has 1 saturated heterocycles. The highest BCUT2D eigenvalue weighted by atomic mass is 32.2. The highest BCUT2D eigenvalue weighted by Gasteiger charge is 2.44. The molecule has 1 aliphatic rings. The molecule has 1 fully saturated rings. The zero-order valence-corrected chi connectivity index (χ0v) is 13.1. The summed E-state index contributed by atoms with van der Waals surface area (Å²) in [6.07, 6.45) is -1.96. The van der Waals surface area contributed by atoms with Crippen LogP contribution in [0.5, 0.6) is 0 Å². The van der Waals surface area contributed by atoms with Crippen molar-refractivity contribution in [3.05, 3.63) is 22.6 Å². The van der Waals surface area contributed by atoms with Gasteiger partial charge in [0.25, 0.3) is 5.56 Å². The molecular weight excluding hydrogens is 339 g/mol. The Morgan fingerprint density at radius 2 is 2.14 bits per heavy atom. The molecule has 0 aliphatic carbocycles. The molecule has 10 nitrogen and oxygen atoms in total. The van der Waals surface area contributed by atoms with Gasteiger partial charge in [0.05, 0.1) is 6.61 Å². The largest absolute Gasteiger partial charge is 0.469 e. The van der Waals surface area contributed by atoms with Gasteiger partial charge in [0.15, 0.2) is 11.4 Å². The van der Waals surface area contributed by atoms with Crippen LogP contribution in [-0.4, -0.2) is 60.7 Å². The monoisotopic (exact) mass is 354 g/mol. The molecule has 124 valence electrons. The molecule has 0 aromatic carbocycles. The maximum atomic E-state index is 11.2. The second-order valence-corrected chi connectivity index (χ2v) is 6.51. The quantitative estimate of drug-likeness (QED) is 0.285. The van der Waals surface area contributed by atoms with E-state index in [1.165, 1.54) is 16.8 Å². The van der Waals surface area contributed by atoms with Crippen molar-refractivity contribution in [3.8, 4) is 0 Å². The van der Waals surface area contributed by atoms with E-state index in [1.807, 2.05) is 0 Å². The van der Waals surface area contributed by atoms with Crippen molar-refractivity contribution >= 4 is 19.6 Å². The lowest BCUT2D eigenvalue weighted by atomic mass is 10.1. The lowest BCUT2D eigenvalue weighted by molar-refractivity contribution is -0.0569. The Morgan fingerprint density at radius 1 is 1.45 bits per heavy atom. The molecule has 0 spiro atoms. The molecule has 1 aromatic heterocycles. The molecule has 0 amide bonds. The van der Waals surface area contributed by atoms with E-state index in [0.29, 0.717) is 0 Å². The first-order valence-electron chi connectivity index (χ1n) is 6.08. The zero-order chi connectivity index (χ0) is 16.5. The summed E-state index contributed by atoms with van der Waals surface area (Å²) in [6, 6.07) is 1.17. The first-order valence-corrected chi connectivity index (χ1v) is 8.83. The van der Waals surface area contributed by atoms with E-state index in [1.54, 1.807) is 6.26 Å². The standard InChI is InChI=1S/C10H15N2O8PS/c1-22-10-11-6(13)2-3-12(10)9-8(15)7(14)5(20-9)4-19-21(16,17)18/h2-3,5,7-9,14-15H,4H2,1H3,(H2,16,17,18)/t5-,7-,8-,9-/m1/s1. The van der Waals surface area contributed by atoms with Crippen molar-refractivity contribution < 1.29 is 33.8 Å². The summed E-state index contributed by atoms with van der Waals surface area (Å²) in [5, 5.41) is 20.2. The van der Waals surface area contributed by atoms with Gasteiger partial charge in [-0.2, -0.15) is 4.98 Å². The van der Waals surface area contributed by atoms with Crippen LogP contribution in [0.25, 0.3) is 0 Å². The molecule has 12 heteroatoms.